The van der Waals surface area contributed by atoms with Crippen LogP contribution in [0.25, 0.3) is 16.8 Å². The third kappa shape index (κ3) is 2.33. The summed E-state index contributed by atoms with van der Waals surface area (Å²) in [7, 11) is 0. The van der Waals surface area contributed by atoms with Crippen LogP contribution in [0.2, 0.25) is 0 Å². The molecule has 3 aliphatic rings. The Balaban J connectivity index is 1.53. The van der Waals surface area contributed by atoms with Crippen LogP contribution in [0.15, 0.2) is 72.9 Å². The summed E-state index contributed by atoms with van der Waals surface area (Å²) in [4.78, 5) is 42.0. The fraction of sp³-hybridized carbons (Fsp3) is 0.160. The maximum absolute atomic E-state index is 13.8. The van der Waals surface area contributed by atoms with Gasteiger partial charge in [-0.05, 0) is 23.1 Å². The Hall–Kier alpha value is -3.77. The van der Waals surface area contributed by atoms with Crippen molar-refractivity contribution >= 4 is 40.3 Å². The van der Waals surface area contributed by atoms with Gasteiger partial charge in [-0.15, -0.1) is 0 Å². The minimum Gasteiger partial charge on any atom is -0.364 e. The molecule has 3 aromatic carbocycles. The molecule has 0 radical (unpaired) electrons. The molecule has 3 heterocycles. The van der Waals surface area contributed by atoms with Crippen molar-refractivity contribution in [2.24, 2.45) is 17.6 Å². The summed E-state index contributed by atoms with van der Waals surface area (Å²) in [6.45, 7) is 0. The molecule has 0 bridgehead atoms. The SMILES string of the molecule is NC(=O)[C@@H]1[C@@H]2C(=O)N(c3cccc4ccccc34)C(=O)[C@@H]2[C@H]2c3ccccc3C=C[NH+]12. The smallest absolute Gasteiger partial charge is 0.277 e. The largest absolute Gasteiger partial charge is 0.364 e. The van der Waals surface area contributed by atoms with Gasteiger partial charge in [0.25, 0.3) is 5.91 Å². The highest BCUT2D eigenvalue weighted by Gasteiger charge is 2.68. The number of hydrogen-bond acceptors (Lipinski definition) is 3. The second-order valence-corrected chi connectivity index (χ2v) is 8.38. The average molecular weight is 410 g/mol. The number of nitrogens with one attached hydrogen (secondary N) is 1. The topological polar surface area (TPSA) is 84.9 Å². The number of carbonyl (C=O) groups is 3. The molecule has 0 aromatic heterocycles. The number of quaternary nitrogens is 1. The van der Waals surface area contributed by atoms with Crippen molar-refractivity contribution in [1.29, 1.82) is 0 Å². The molecule has 3 aromatic rings. The molecule has 0 aliphatic carbocycles. The van der Waals surface area contributed by atoms with E-state index in [9.17, 15) is 14.4 Å². The highest BCUT2D eigenvalue weighted by molar-refractivity contribution is 6.26. The summed E-state index contributed by atoms with van der Waals surface area (Å²) >= 11 is 0. The fourth-order valence-corrected chi connectivity index (χ4v) is 5.72. The van der Waals surface area contributed by atoms with E-state index in [1.807, 2.05) is 72.9 Å². The molecule has 0 saturated carbocycles. The number of carbonyl (C=O) groups excluding carboxylic acids is 3. The van der Waals surface area contributed by atoms with Crippen LogP contribution in [0.1, 0.15) is 17.2 Å². The Morgan fingerprint density at radius 3 is 2.42 bits per heavy atom. The maximum Gasteiger partial charge on any atom is 0.277 e. The van der Waals surface area contributed by atoms with Crippen LogP contribution in [0.5, 0.6) is 0 Å². The summed E-state index contributed by atoms with van der Waals surface area (Å²) in [6, 6.07) is 20.0. The van der Waals surface area contributed by atoms with E-state index >= 15 is 0 Å². The van der Waals surface area contributed by atoms with Crippen LogP contribution in [-0.2, 0) is 14.4 Å². The molecule has 2 saturated heterocycles. The van der Waals surface area contributed by atoms with Gasteiger partial charge < -0.3 is 5.73 Å². The average Bonchev–Trinajstić information content (AvgIpc) is 3.26. The molecular weight excluding hydrogens is 390 g/mol. The molecule has 3 aliphatic heterocycles. The Labute approximate surface area is 178 Å². The molecule has 0 spiro atoms. The van der Waals surface area contributed by atoms with Gasteiger partial charge in [-0.2, -0.15) is 0 Å². The maximum atomic E-state index is 13.8. The van der Waals surface area contributed by atoms with Crippen LogP contribution >= 0.6 is 0 Å². The van der Waals surface area contributed by atoms with E-state index in [1.165, 1.54) is 4.90 Å². The quantitative estimate of drug-likeness (QED) is 0.627. The first-order valence-corrected chi connectivity index (χ1v) is 10.4. The standard InChI is InChI=1S/C25H19N3O3/c26-23(29)22-20-19(21-17-10-4-2-7-15(17)12-13-27(21)22)24(30)28(25(20)31)18-11-5-8-14-6-1-3-9-16(14)18/h1-13,19-22H,(H2,26,29)/p+1/t19-,20+,21+,22-/m0/s1. The zero-order chi connectivity index (χ0) is 21.3. The predicted octanol–water partition coefficient (Wildman–Crippen LogP) is 1.42. The van der Waals surface area contributed by atoms with E-state index in [-0.39, 0.29) is 17.9 Å². The van der Waals surface area contributed by atoms with Crippen LogP contribution < -0.4 is 15.5 Å². The lowest BCUT2D eigenvalue weighted by Crippen LogP contribution is -3.12. The highest BCUT2D eigenvalue weighted by atomic mass is 16.2. The number of imide groups is 1. The number of nitrogens with zero attached hydrogens (tertiary/aromatic N) is 1. The molecule has 6 nitrogen and oxygen atoms in total. The molecule has 3 amide bonds. The Morgan fingerprint density at radius 2 is 1.58 bits per heavy atom. The van der Waals surface area contributed by atoms with Crippen LogP contribution in [0.4, 0.5) is 5.69 Å². The van der Waals surface area contributed by atoms with E-state index in [0.29, 0.717) is 5.69 Å². The van der Waals surface area contributed by atoms with E-state index in [0.717, 1.165) is 26.8 Å². The predicted molar refractivity (Wildman–Crippen MR) is 116 cm³/mol. The molecule has 2 fully saturated rings. The molecule has 6 heteroatoms. The Morgan fingerprint density at radius 1 is 0.871 bits per heavy atom. The zero-order valence-electron chi connectivity index (χ0n) is 16.6. The first kappa shape index (κ1) is 18.0. The number of benzene rings is 3. The summed E-state index contributed by atoms with van der Waals surface area (Å²) < 4.78 is 0. The molecule has 1 unspecified atom stereocenters. The van der Waals surface area contributed by atoms with Crippen molar-refractivity contribution < 1.29 is 19.3 Å². The molecule has 5 atom stereocenters. The third-order valence-corrected chi connectivity index (χ3v) is 6.93. The van der Waals surface area contributed by atoms with Gasteiger partial charge in [-0.1, -0.05) is 60.7 Å². The number of fused-ring (bicyclic) bond motifs is 6. The van der Waals surface area contributed by atoms with E-state index in [2.05, 4.69) is 0 Å². The van der Waals surface area contributed by atoms with Gasteiger partial charge in [0.2, 0.25) is 11.8 Å². The number of primary amides is 1. The second kappa shape index (κ2) is 6.36. The lowest BCUT2D eigenvalue weighted by atomic mass is 9.84. The van der Waals surface area contributed by atoms with Crippen molar-refractivity contribution in [2.45, 2.75) is 12.1 Å². The van der Waals surface area contributed by atoms with Crippen LogP contribution in [0, 0.1) is 11.8 Å². The van der Waals surface area contributed by atoms with Crippen molar-refractivity contribution in [1.82, 2.24) is 0 Å². The van der Waals surface area contributed by atoms with Crippen molar-refractivity contribution in [3.63, 3.8) is 0 Å². The number of amides is 3. The molecular formula is C25H20N3O3+. The van der Waals surface area contributed by atoms with Crippen molar-refractivity contribution in [3.8, 4) is 0 Å². The van der Waals surface area contributed by atoms with Crippen LogP contribution in [0.3, 0.4) is 0 Å². The van der Waals surface area contributed by atoms with Gasteiger partial charge in [0.05, 0.1) is 11.9 Å². The minimum absolute atomic E-state index is 0.261. The van der Waals surface area contributed by atoms with Gasteiger partial charge in [-0.25, -0.2) is 4.90 Å². The molecule has 6 rings (SSSR count). The first-order chi connectivity index (χ1) is 15.1. The lowest BCUT2D eigenvalue weighted by molar-refractivity contribution is -0.884. The zero-order valence-corrected chi connectivity index (χ0v) is 16.6. The van der Waals surface area contributed by atoms with E-state index in [4.69, 9.17) is 5.73 Å². The first-order valence-electron chi connectivity index (χ1n) is 10.4. The summed E-state index contributed by atoms with van der Waals surface area (Å²) in [6.07, 6.45) is 3.82. The number of rotatable bonds is 2. The lowest BCUT2D eigenvalue weighted by Gasteiger charge is -2.30. The number of hydrogen-bond donors (Lipinski definition) is 2. The molecule has 31 heavy (non-hydrogen) atoms. The number of anilines is 1. The van der Waals surface area contributed by atoms with E-state index < -0.39 is 23.8 Å². The second-order valence-electron chi connectivity index (χ2n) is 8.38. The molecule has 3 N–H and O–H groups in total. The third-order valence-electron chi connectivity index (χ3n) is 6.93. The summed E-state index contributed by atoms with van der Waals surface area (Å²) in [5, 5.41) is 1.78. The van der Waals surface area contributed by atoms with Crippen molar-refractivity contribution in [2.75, 3.05) is 4.90 Å². The van der Waals surface area contributed by atoms with Gasteiger partial charge >= 0.3 is 0 Å². The monoisotopic (exact) mass is 410 g/mol. The van der Waals surface area contributed by atoms with Crippen LogP contribution in [-0.4, -0.2) is 23.8 Å². The molecule has 152 valence electrons. The van der Waals surface area contributed by atoms with E-state index in [1.54, 1.807) is 6.07 Å². The van der Waals surface area contributed by atoms with Gasteiger partial charge in [0.15, 0.2) is 6.04 Å². The van der Waals surface area contributed by atoms with Gasteiger partial charge in [0, 0.05) is 10.9 Å². The minimum atomic E-state index is -0.781. The fourth-order valence-electron chi connectivity index (χ4n) is 5.72. The Bertz CT molecular complexity index is 1310. The van der Waals surface area contributed by atoms with Crippen molar-refractivity contribution in [3.05, 3.63) is 84.1 Å². The normalized spacial score (nSPS) is 28.5. The Kier molecular flexibility index (Phi) is 3.70. The summed E-state index contributed by atoms with van der Waals surface area (Å²) in [5.41, 5.74) is 8.32. The summed E-state index contributed by atoms with van der Waals surface area (Å²) in [5.74, 6) is -2.58. The van der Waals surface area contributed by atoms with Gasteiger partial charge in [0.1, 0.15) is 17.9 Å². The highest BCUT2D eigenvalue weighted by Crippen LogP contribution is 2.45. The van der Waals surface area contributed by atoms with Gasteiger partial charge in [-0.3, -0.25) is 19.3 Å². The number of nitrogens with two attached hydrogens (primary N) is 1.